The standard InChI is InChI=1S/C20H18FN3O4/c1-23(15-8-10-17(27-2)18(12-15)28-3)20(26)16-9-11-19(25)24(22-16)14-6-4-13(21)5-7-14/h4-12H,1-3H3. The number of methoxy groups -OCH3 is 2. The normalized spacial score (nSPS) is 10.4. The van der Waals surface area contributed by atoms with E-state index in [1.54, 1.807) is 25.2 Å². The number of carbonyl (C=O) groups excluding carboxylic acids is 1. The van der Waals surface area contributed by atoms with E-state index < -0.39 is 17.3 Å². The summed E-state index contributed by atoms with van der Waals surface area (Å²) in [7, 11) is 4.61. The second-order valence-corrected chi connectivity index (χ2v) is 5.85. The van der Waals surface area contributed by atoms with Crippen LogP contribution in [-0.2, 0) is 0 Å². The number of carbonyl (C=O) groups is 1. The molecule has 0 atom stereocenters. The van der Waals surface area contributed by atoms with Crippen LogP contribution in [0.15, 0.2) is 59.4 Å². The van der Waals surface area contributed by atoms with E-state index in [9.17, 15) is 14.0 Å². The van der Waals surface area contributed by atoms with Crippen LogP contribution in [0.25, 0.3) is 5.69 Å². The summed E-state index contributed by atoms with van der Waals surface area (Å²) in [6, 6.07) is 12.9. The van der Waals surface area contributed by atoms with E-state index >= 15 is 0 Å². The summed E-state index contributed by atoms with van der Waals surface area (Å²) in [6.45, 7) is 0. The zero-order chi connectivity index (χ0) is 20.3. The fraction of sp³-hybridized carbons (Fsp3) is 0.150. The summed E-state index contributed by atoms with van der Waals surface area (Å²) in [5.74, 6) is 0.152. The van der Waals surface area contributed by atoms with Gasteiger partial charge in [-0.1, -0.05) is 0 Å². The molecule has 0 saturated carbocycles. The van der Waals surface area contributed by atoms with Crippen molar-refractivity contribution < 1.29 is 18.7 Å². The van der Waals surface area contributed by atoms with Crippen molar-refractivity contribution in [1.82, 2.24) is 9.78 Å². The fourth-order valence-corrected chi connectivity index (χ4v) is 2.62. The van der Waals surface area contributed by atoms with E-state index in [0.717, 1.165) is 4.68 Å². The molecule has 0 aliphatic rings. The fourth-order valence-electron chi connectivity index (χ4n) is 2.62. The molecule has 0 aliphatic heterocycles. The average Bonchev–Trinajstić information content (AvgIpc) is 2.73. The molecular formula is C20H18FN3O4. The number of aromatic nitrogens is 2. The van der Waals surface area contributed by atoms with Crippen LogP contribution in [0.1, 0.15) is 10.5 Å². The molecule has 2 aromatic carbocycles. The van der Waals surface area contributed by atoms with Crippen LogP contribution in [0, 0.1) is 5.82 Å². The summed E-state index contributed by atoms with van der Waals surface area (Å²) in [5, 5.41) is 4.13. The topological polar surface area (TPSA) is 73.7 Å². The van der Waals surface area contributed by atoms with Gasteiger partial charge in [0.1, 0.15) is 11.5 Å². The molecule has 1 heterocycles. The van der Waals surface area contributed by atoms with Crippen molar-refractivity contribution in [3.05, 3.63) is 76.5 Å². The van der Waals surface area contributed by atoms with Crippen LogP contribution in [0.3, 0.4) is 0 Å². The van der Waals surface area contributed by atoms with E-state index in [1.807, 2.05) is 0 Å². The molecule has 0 aliphatic carbocycles. The Bertz CT molecular complexity index is 1060. The number of amides is 1. The second-order valence-electron chi connectivity index (χ2n) is 5.85. The summed E-state index contributed by atoms with van der Waals surface area (Å²) in [6.07, 6.45) is 0. The van der Waals surface area contributed by atoms with Gasteiger partial charge in [-0.3, -0.25) is 9.59 Å². The Kier molecular flexibility index (Phi) is 5.39. The van der Waals surface area contributed by atoms with E-state index in [1.165, 1.54) is 55.5 Å². The highest BCUT2D eigenvalue weighted by Gasteiger charge is 2.18. The van der Waals surface area contributed by atoms with E-state index in [0.29, 0.717) is 22.9 Å². The van der Waals surface area contributed by atoms with E-state index in [-0.39, 0.29) is 5.69 Å². The lowest BCUT2D eigenvalue weighted by Crippen LogP contribution is -2.30. The summed E-state index contributed by atoms with van der Waals surface area (Å²) in [4.78, 5) is 26.4. The molecule has 1 aromatic heterocycles. The molecule has 0 saturated heterocycles. The minimum Gasteiger partial charge on any atom is -0.493 e. The highest BCUT2D eigenvalue weighted by atomic mass is 19.1. The summed E-state index contributed by atoms with van der Waals surface area (Å²) < 4.78 is 24.6. The molecule has 0 radical (unpaired) electrons. The van der Waals surface area contributed by atoms with Crippen LogP contribution >= 0.6 is 0 Å². The largest absolute Gasteiger partial charge is 0.493 e. The molecule has 3 aromatic rings. The van der Waals surface area contributed by atoms with Crippen molar-refractivity contribution in [1.29, 1.82) is 0 Å². The van der Waals surface area contributed by atoms with Crippen molar-refractivity contribution in [3.63, 3.8) is 0 Å². The number of rotatable bonds is 5. The Balaban J connectivity index is 1.95. The molecule has 0 bridgehead atoms. The number of anilines is 1. The molecule has 7 nitrogen and oxygen atoms in total. The third-order valence-corrected chi connectivity index (χ3v) is 4.15. The van der Waals surface area contributed by atoms with Gasteiger partial charge < -0.3 is 14.4 Å². The van der Waals surface area contributed by atoms with Gasteiger partial charge in [0.05, 0.1) is 19.9 Å². The SMILES string of the molecule is COc1ccc(N(C)C(=O)c2ccc(=O)n(-c3ccc(F)cc3)n2)cc1OC. The maximum Gasteiger partial charge on any atom is 0.278 e. The van der Waals surface area contributed by atoms with Crippen LogP contribution in [0.5, 0.6) is 11.5 Å². The van der Waals surface area contributed by atoms with Crippen molar-refractivity contribution in [2.75, 3.05) is 26.2 Å². The number of nitrogens with zero attached hydrogens (tertiary/aromatic N) is 3. The molecule has 1 amide bonds. The minimum atomic E-state index is -0.433. The molecule has 0 fully saturated rings. The number of ether oxygens (including phenoxy) is 2. The summed E-state index contributed by atoms with van der Waals surface area (Å²) >= 11 is 0. The third-order valence-electron chi connectivity index (χ3n) is 4.15. The Hall–Kier alpha value is -3.68. The van der Waals surface area contributed by atoms with Crippen LogP contribution < -0.4 is 19.9 Å². The molecule has 28 heavy (non-hydrogen) atoms. The molecule has 0 N–H and O–H groups in total. The zero-order valence-corrected chi connectivity index (χ0v) is 15.5. The second kappa shape index (κ2) is 7.91. The number of benzene rings is 2. The Labute approximate surface area is 160 Å². The van der Waals surface area contributed by atoms with Crippen LogP contribution in [-0.4, -0.2) is 37.0 Å². The summed E-state index contributed by atoms with van der Waals surface area (Å²) in [5.41, 5.74) is 0.539. The maximum absolute atomic E-state index is 13.1. The first-order valence-electron chi connectivity index (χ1n) is 8.31. The lowest BCUT2D eigenvalue weighted by atomic mass is 10.2. The van der Waals surface area contributed by atoms with Crippen molar-refractivity contribution in [2.45, 2.75) is 0 Å². The van der Waals surface area contributed by atoms with Gasteiger partial charge in [0.25, 0.3) is 11.5 Å². The van der Waals surface area contributed by atoms with Gasteiger partial charge in [-0.2, -0.15) is 9.78 Å². The van der Waals surface area contributed by atoms with Crippen molar-refractivity contribution >= 4 is 11.6 Å². The lowest BCUT2D eigenvalue weighted by Gasteiger charge is -2.19. The first kappa shape index (κ1) is 19.1. The highest BCUT2D eigenvalue weighted by Crippen LogP contribution is 2.31. The molecule has 0 unspecified atom stereocenters. The smallest absolute Gasteiger partial charge is 0.278 e. The molecule has 0 spiro atoms. The van der Waals surface area contributed by atoms with E-state index in [4.69, 9.17) is 9.47 Å². The number of halogens is 1. The maximum atomic E-state index is 13.1. The monoisotopic (exact) mass is 383 g/mol. The molecule has 3 rings (SSSR count). The van der Waals surface area contributed by atoms with Gasteiger partial charge in [-0.25, -0.2) is 4.39 Å². The van der Waals surface area contributed by atoms with Gasteiger partial charge in [0, 0.05) is 24.9 Å². The predicted octanol–water partition coefficient (Wildman–Crippen LogP) is 2.67. The first-order valence-corrected chi connectivity index (χ1v) is 8.31. The number of hydrogen-bond donors (Lipinski definition) is 0. The van der Waals surface area contributed by atoms with Crippen LogP contribution in [0.4, 0.5) is 10.1 Å². The van der Waals surface area contributed by atoms with Gasteiger partial charge >= 0.3 is 0 Å². The Morgan fingerprint density at radius 1 is 1.00 bits per heavy atom. The van der Waals surface area contributed by atoms with Crippen molar-refractivity contribution in [3.8, 4) is 17.2 Å². The van der Waals surface area contributed by atoms with Gasteiger partial charge in [-0.05, 0) is 42.5 Å². The molecular weight excluding hydrogens is 365 g/mol. The number of hydrogen-bond acceptors (Lipinski definition) is 5. The third kappa shape index (κ3) is 3.71. The van der Waals surface area contributed by atoms with E-state index in [2.05, 4.69) is 5.10 Å². The predicted molar refractivity (Wildman–Crippen MR) is 102 cm³/mol. The van der Waals surface area contributed by atoms with Gasteiger partial charge in [0.2, 0.25) is 0 Å². The first-order chi connectivity index (χ1) is 13.4. The quantitative estimate of drug-likeness (QED) is 0.677. The van der Waals surface area contributed by atoms with Crippen molar-refractivity contribution in [2.24, 2.45) is 0 Å². The Morgan fingerprint density at radius 3 is 2.32 bits per heavy atom. The van der Waals surface area contributed by atoms with Crippen LogP contribution in [0.2, 0.25) is 0 Å². The average molecular weight is 383 g/mol. The van der Waals surface area contributed by atoms with Gasteiger partial charge in [-0.15, -0.1) is 0 Å². The Morgan fingerprint density at radius 2 is 1.68 bits per heavy atom. The molecule has 144 valence electrons. The molecule has 8 heteroatoms. The van der Waals surface area contributed by atoms with Gasteiger partial charge in [0.15, 0.2) is 11.5 Å². The zero-order valence-electron chi connectivity index (χ0n) is 15.5. The minimum absolute atomic E-state index is 0.0567. The highest BCUT2D eigenvalue weighted by molar-refractivity contribution is 6.04. The lowest BCUT2D eigenvalue weighted by molar-refractivity contribution is 0.0986.